The molecule has 0 saturated heterocycles. The molecule has 13 heavy (non-hydrogen) atoms. The smallest absolute Gasteiger partial charge is 0.115 e. The van der Waals surface area contributed by atoms with Crippen molar-refractivity contribution in [3.05, 3.63) is 23.3 Å². The van der Waals surface area contributed by atoms with Crippen LogP contribution in [0.3, 0.4) is 0 Å². The van der Waals surface area contributed by atoms with Gasteiger partial charge in [0.15, 0.2) is 0 Å². The summed E-state index contributed by atoms with van der Waals surface area (Å²) < 4.78 is 0. The highest BCUT2D eigenvalue weighted by Gasteiger charge is 2.06. The summed E-state index contributed by atoms with van der Waals surface area (Å²) in [6.45, 7) is 6.52. The van der Waals surface area contributed by atoms with Crippen LogP contribution in [-0.4, -0.2) is 9.97 Å². The summed E-state index contributed by atoms with van der Waals surface area (Å²) in [5.41, 5.74) is 3.84. The van der Waals surface area contributed by atoms with Gasteiger partial charge in [0.1, 0.15) is 6.33 Å². The molecule has 0 fully saturated rings. The first kappa shape index (κ1) is 10.2. The standard InChI is InChI=1S/C11H18N2/c1-4-7-11-9(5-2)10(6-3)12-8-13-11/h8H,4-7H2,1-3H3. The Morgan fingerprint density at radius 1 is 1.00 bits per heavy atom. The molecule has 0 aliphatic carbocycles. The lowest BCUT2D eigenvalue weighted by Gasteiger charge is -2.08. The Bertz CT molecular complexity index is 269. The molecule has 1 heterocycles. The summed E-state index contributed by atoms with van der Waals surface area (Å²) >= 11 is 0. The Morgan fingerprint density at radius 3 is 2.23 bits per heavy atom. The van der Waals surface area contributed by atoms with Crippen molar-refractivity contribution in [2.24, 2.45) is 0 Å². The molecule has 0 aliphatic rings. The first-order chi connectivity index (χ1) is 6.33. The van der Waals surface area contributed by atoms with E-state index in [2.05, 4.69) is 30.7 Å². The SMILES string of the molecule is CCCc1ncnc(CC)c1CC. The van der Waals surface area contributed by atoms with Crippen molar-refractivity contribution in [3.63, 3.8) is 0 Å². The van der Waals surface area contributed by atoms with Crippen molar-refractivity contribution < 1.29 is 0 Å². The molecule has 0 saturated carbocycles. The molecule has 0 amide bonds. The molecule has 1 aromatic rings. The zero-order valence-electron chi connectivity index (χ0n) is 8.80. The van der Waals surface area contributed by atoms with Crippen LogP contribution in [0.15, 0.2) is 6.33 Å². The van der Waals surface area contributed by atoms with E-state index in [1.165, 1.54) is 17.0 Å². The van der Waals surface area contributed by atoms with E-state index >= 15 is 0 Å². The number of hydrogen-bond donors (Lipinski definition) is 0. The van der Waals surface area contributed by atoms with E-state index < -0.39 is 0 Å². The average molecular weight is 178 g/mol. The molecule has 0 atom stereocenters. The molecular formula is C11H18N2. The minimum atomic E-state index is 1.02. The van der Waals surface area contributed by atoms with Crippen molar-refractivity contribution in [1.82, 2.24) is 9.97 Å². The number of hydrogen-bond acceptors (Lipinski definition) is 2. The molecule has 72 valence electrons. The zero-order valence-corrected chi connectivity index (χ0v) is 8.80. The average Bonchev–Trinajstić information content (AvgIpc) is 2.18. The quantitative estimate of drug-likeness (QED) is 0.708. The second kappa shape index (κ2) is 4.95. The second-order valence-corrected chi connectivity index (χ2v) is 3.20. The lowest BCUT2D eigenvalue weighted by atomic mass is 10.0. The lowest BCUT2D eigenvalue weighted by Crippen LogP contribution is -2.03. The van der Waals surface area contributed by atoms with Crippen LogP contribution < -0.4 is 0 Å². The predicted molar refractivity (Wildman–Crippen MR) is 54.8 cm³/mol. The summed E-state index contributed by atoms with van der Waals surface area (Å²) in [7, 11) is 0. The molecule has 0 spiro atoms. The van der Waals surface area contributed by atoms with Crippen LogP contribution in [-0.2, 0) is 19.3 Å². The fourth-order valence-electron chi connectivity index (χ4n) is 1.66. The number of aryl methyl sites for hydroxylation is 2. The van der Waals surface area contributed by atoms with Crippen LogP contribution in [0, 0.1) is 0 Å². The largest absolute Gasteiger partial charge is 0.241 e. The van der Waals surface area contributed by atoms with Gasteiger partial charge in [-0.3, -0.25) is 0 Å². The summed E-state index contributed by atoms with van der Waals surface area (Å²) in [5.74, 6) is 0. The van der Waals surface area contributed by atoms with Crippen LogP contribution in [0.1, 0.15) is 44.1 Å². The summed E-state index contributed by atoms with van der Waals surface area (Å²) in [5, 5.41) is 0. The first-order valence-corrected chi connectivity index (χ1v) is 5.15. The maximum atomic E-state index is 4.34. The molecule has 0 aliphatic heterocycles. The van der Waals surface area contributed by atoms with Gasteiger partial charge in [0.25, 0.3) is 0 Å². The molecule has 1 aromatic heterocycles. The second-order valence-electron chi connectivity index (χ2n) is 3.20. The highest BCUT2D eigenvalue weighted by molar-refractivity contribution is 5.24. The maximum Gasteiger partial charge on any atom is 0.115 e. The van der Waals surface area contributed by atoms with Crippen LogP contribution in [0.25, 0.3) is 0 Å². The first-order valence-electron chi connectivity index (χ1n) is 5.15. The predicted octanol–water partition coefficient (Wildman–Crippen LogP) is 2.55. The Kier molecular flexibility index (Phi) is 3.87. The van der Waals surface area contributed by atoms with Crippen LogP contribution in [0.5, 0.6) is 0 Å². The van der Waals surface area contributed by atoms with Gasteiger partial charge in [-0.15, -0.1) is 0 Å². The van der Waals surface area contributed by atoms with E-state index in [-0.39, 0.29) is 0 Å². The van der Waals surface area contributed by atoms with Gasteiger partial charge in [-0.25, -0.2) is 9.97 Å². The van der Waals surface area contributed by atoms with Crippen LogP contribution in [0.2, 0.25) is 0 Å². The summed E-state index contributed by atoms with van der Waals surface area (Å²) in [6, 6.07) is 0. The van der Waals surface area contributed by atoms with Gasteiger partial charge in [0.05, 0.1) is 0 Å². The third-order valence-electron chi connectivity index (χ3n) is 2.30. The van der Waals surface area contributed by atoms with Crippen LogP contribution >= 0.6 is 0 Å². The molecular weight excluding hydrogens is 160 g/mol. The fourth-order valence-corrected chi connectivity index (χ4v) is 1.66. The third kappa shape index (κ3) is 2.27. The van der Waals surface area contributed by atoms with Gasteiger partial charge >= 0.3 is 0 Å². The van der Waals surface area contributed by atoms with Gasteiger partial charge in [-0.1, -0.05) is 27.2 Å². The normalized spacial score (nSPS) is 10.4. The zero-order chi connectivity index (χ0) is 9.68. The minimum absolute atomic E-state index is 1.02. The third-order valence-corrected chi connectivity index (χ3v) is 2.30. The van der Waals surface area contributed by atoms with Gasteiger partial charge in [0.2, 0.25) is 0 Å². The molecule has 2 heteroatoms. The van der Waals surface area contributed by atoms with E-state index in [1.54, 1.807) is 6.33 Å². The van der Waals surface area contributed by atoms with Gasteiger partial charge in [0, 0.05) is 11.4 Å². The Hall–Kier alpha value is -0.920. The van der Waals surface area contributed by atoms with E-state index in [9.17, 15) is 0 Å². The summed E-state index contributed by atoms with van der Waals surface area (Å²) in [6.07, 6.45) is 6.01. The molecule has 0 aromatic carbocycles. The van der Waals surface area contributed by atoms with Gasteiger partial charge in [-0.2, -0.15) is 0 Å². The van der Waals surface area contributed by atoms with Crippen molar-refractivity contribution in [2.45, 2.75) is 46.5 Å². The maximum absolute atomic E-state index is 4.34. The lowest BCUT2D eigenvalue weighted by molar-refractivity contribution is 0.818. The molecule has 0 bridgehead atoms. The minimum Gasteiger partial charge on any atom is -0.241 e. The van der Waals surface area contributed by atoms with Crippen molar-refractivity contribution in [2.75, 3.05) is 0 Å². The number of aromatic nitrogens is 2. The summed E-state index contributed by atoms with van der Waals surface area (Å²) in [4.78, 5) is 8.64. The monoisotopic (exact) mass is 178 g/mol. The Balaban J connectivity index is 3.03. The van der Waals surface area contributed by atoms with Gasteiger partial charge < -0.3 is 0 Å². The van der Waals surface area contributed by atoms with E-state index in [4.69, 9.17) is 0 Å². The number of nitrogens with zero attached hydrogens (tertiary/aromatic N) is 2. The Labute approximate surface area is 80.4 Å². The molecule has 1 rings (SSSR count). The molecule has 0 unspecified atom stereocenters. The van der Waals surface area contributed by atoms with Crippen molar-refractivity contribution in [3.8, 4) is 0 Å². The van der Waals surface area contributed by atoms with Crippen LogP contribution in [0.4, 0.5) is 0 Å². The molecule has 0 N–H and O–H groups in total. The molecule has 2 nitrogen and oxygen atoms in total. The van der Waals surface area contributed by atoms with Gasteiger partial charge in [-0.05, 0) is 24.8 Å². The van der Waals surface area contributed by atoms with Crippen molar-refractivity contribution in [1.29, 1.82) is 0 Å². The van der Waals surface area contributed by atoms with E-state index in [1.807, 2.05) is 0 Å². The van der Waals surface area contributed by atoms with E-state index in [0.29, 0.717) is 0 Å². The highest BCUT2D eigenvalue weighted by atomic mass is 14.8. The molecule has 0 radical (unpaired) electrons. The van der Waals surface area contributed by atoms with Crippen molar-refractivity contribution >= 4 is 0 Å². The fraction of sp³-hybridized carbons (Fsp3) is 0.636. The Morgan fingerprint density at radius 2 is 1.69 bits per heavy atom. The van der Waals surface area contributed by atoms with E-state index in [0.717, 1.165) is 25.7 Å². The topological polar surface area (TPSA) is 25.8 Å². The number of rotatable bonds is 4. The highest BCUT2D eigenvalue weighted by Crippen LogP contribution is 2.13.